The van der Waals surface area contributed by atoms with Crippen LogP contribution in [0.25, 0.3) is 11.2 Å². The zero-order valence-electron chi connectivity index (χ0n) is 23.0. The maximum atomic E-state index is 9.95. The minimum atomic E-state index is -4.64. The van der Waals surface area contributed by atoms with Crippen molar-refractivity contribution in [1.29, 1.82) is 0 Å². The first kappa shape index (κ1) is 54.6. The maximum Gasteiger partial charge on any atom is 0.466 e. The molecule has 2 aromatic rings. The predicted molar refractivity (Wildman–Crippen MR) is 148 cm³/mol. The monoisotopic (exact) mass is 855 g/mol. The summed E-state index contributed by atoms with van der Waals surface area (Å²) in [7, 11) is -27.8. The van der Waals surface area contributed by atoms with Crippen LogP contribution >= 0.6 is 46.9 Å². The van der Waals surface area contributed by atoms with Gasteiger partial charge >= 0.3 is 46.9 Å². The molecule has 294 valence electrons. The molecule has 0 aliphatic carbocycles. The number of fused-ring (bicyclic) bond motifs is 1. The van der Waals surface area contributed by atoms with E-state index < -0.39 is 78.1 Å². The normalized spacial score (nSPS) is 19.3. The number of hydrogen-bond donors (Lipinski definition) is 22. The molecule has 33 nitrogen and oxygen atoms in total. The Hall–Kier alpha value is -1.15. The summed E-state index contributed by atoms with van der Waals surface area (Å²) in [4.78, 5) is 141. The number of anilines is 1. The Balaban J connectivity index is -0.000000280. The Morgan fingerprint density at radius 2 is 0.898 bits per heavy atom. The van der Waals surface area contributed by atoms with E-state index in [0.717, 1.165) is 0 Å². The molecule has 1 aliphatic rings. The van der Waals surface area contributed by atoms with Gasteiger partial charge in [0.1, 0.15) is 30.2 Å². The zero-order chi connectivity index (χ0) is 40.6. The lowest BCUT2D eigenvalue weighted by molar-refractivity contribution is -0.0511. The van der Waals surface area contributed by atoms with Crippen LogP contribution in [-0.2, 0) is 32.1 Å². The Kier molecular flexibility index (Phi) is 25.3. The van der Waals surface area contributed by atoms with Crippen LogP contribution in [-0.4, -0.2) is 148 Å². The summed E-state index contributed by atoms with van der Waals surface area (Å²) in [5, 5.41) is 28.7. The van der Waals surface area contributed by atoms with Gasteiger partial charge in [-0.15, -0.1) is 0 Å². The van der Waals surface area contributed by atoms with Gasteiger partial charge in [0.05, 0.1) is 12.9 Å². The fraction of sp³-hybridized carbons (Fsp3) is 0.500. The van der Waals surface area contributed by atoms with Crippen molar-refractivity contribution in [2.75, 3.05) is 12.3 Å². The highest BCUT2D eigenvalue weighted by Crippen LogP contribution is 2.32. The van der Waals surface area contributed by atoms with Crippen molar-refractivity contribution < 1.29 is 136 Å². The molecular formula is C10H31N5O28P6. The van der Waals surface area contributed by atoms with Crippen LogP contribution in [0.5, 0.6) is 0 Å². The SMILES string of the molecule is Nc1ncnc2c1ncn2[C@@H]1O[C@H](CO)[C@@H](O)[C@H]1O.O=P(O)(O)O.O=P(O)(O)O.O=P(O)(O)O.O=P(O)(O)O.O=P(O)(O)O.O=P(O)(O)O. The van der Waals surface area contributed by atoms with E-state index in [2.05, 4.69) is 15.0 Å². The van der Waals surface area contributed by atoms with E-state index in [-0.39, 0.29) is 5.82 Å². The largest absolute Gasteiger partial charge is 0.466 e. The second-order valence-electron chi connectivity index (χ2n) is 7.39. The fourth-order valence-corrected chi connectivity index (χ4v) is 2.17. The molecular weight excluding hydrogens is 824 g/mol. The van der Waals surface area contributed by atoms with E-state index >= 15 is 0 Å². The molecule has 0 bridgehead atoms. The summed E-state index contributed by atoms with van der Waals surface area (Å²) in [6, 6.07) is 0. The van der Waals surface area contributed by atoms with Gasteiger partial charge in [0.15, 0.2) is 17.7 Å². The molecule has 1 fully saturated rings. The molecule has 0 aromatic carbocycles. The van der Waals surface area contributed by atoms with Crippen LogP contribution in [0.1, 0.15) is 6.23 Å². The molecule has 1 aliphatic heterocycles. The van der Waals surface area contributed by atoms with Gasteiger partial charge in [-0.3, -0.25) is 4.57 Å². The molecule has 0 unspecified atom stereocenters. The van der Waals surface area contributed by atoms with E-state index in [1.807, 2.05) is 0 Å². The number of nitrogens with zero attached hydrogens (tertiary/aromatic N) is 4. The summed E-state index contributed by atoms with van der Waals surface area (Å²) < 4.78 is 60.1. The Labute approximate surface area is 268 Å². The number of hydrogen-bond acceptors (Lipinski definition) is 14. The average Bonchev–Trinajstić information content (AvgIpc) is 3.29. The van der Waals surface area contributed by atoms with Crippen LogP contribution in [0, 0.1) is 0 Å². The topological polar surface area (TPSA) is 606 Å². The Morgan fingerprint density at radius 1 is 0.592 bits per heavy atom. The first-order chi connectivity index (χ1) is 21.1. The van der Waals surface area contributed by atoms with Gasteiger partial charge in [-0.25, -0.2) is 42.3 Å². The molecule has 0 saturated carbocycles. The van der Waals surface area contributed by atoms with Crippen LogP contribution in [0.15, 0.2) is 12.7 Å². The summed E-state index contributed by atoms with van der Waals surface area (Å²) in [6.07, 6.45) is -1.42. The summed E-state index contributed by atoms with van der Waals surface area (Å²) in [6.45, 7) is -0.390. The number of nitrogen functional groups attached to an aromatic ring is 1. The third-order valence-electron chi connectivity index (χ3n) is 3.18. The van der Waals surface area contributed by atoms with Crippen molar-refractivity contribution in [3.8, 4) is 0 Å². The number of rotatable bonds is 2. The Bertz CT molecular complexity index is 1310. The highest BCUT2D eigenvalue weighted by Gasteiger charge is 2.44. The van der Waals surface area contributed by atoms with Gasteiger partial charge < -0.3 is 114 Å². The quantitative estimate of drug-likeness (QED) is 0.125. The van der Waals surface area contributed by atoms with Crippen molar-refractivity contribution in [2.45, 2.75) is 24.5 Å². The van der Waals surface area contributed by atoms with Crippen LogP contribution < -0.4 is 5.73 Å². The number of ether oxygens (including phenoxy) is 1. The van der Waals surface area contributed by atoms with E-state index in [1.54, 1.807) is 0 Å². The standard InChI is InChI=1S/C10H13N5O4.6H3O4P/c11-8-5-9(13-2-12-8)15(3-14-5)10-7(18)6(17)4(1-16)19-10;6*1-5(2,3)4/h2-4,6-7,10,16-18H,1H2,(H2,11,12,13);6*(H3,1,2,3,4)/t4-,6-,7-,10-;;;;;;/m1....../s1. The van der Waals surface area contributed by atoms with Crippen LogP contribution in [0.4, 0.5) is 5.82 Å². The third-order valence-corrected chi connectivity index (χ3v) is 3.18. The van der Waals surface area contributed by atoms with Crippen molar-refractivity contribution in [3.05, 3.63) is 12.7 Å². The van der Waals surface area contributed by atoms with Gasteiger partial charge in [-0.1, -0.05) is 0 Å². The molecule has 3 heterocycles. The Morgan fingerprint density at radius 3 is 1.16 bits per heavy atom. The maximum absolute atomic E-state index is 9.95. The van der Waals surface area contributed by atoms with E-state index in [4.69, 9.17) is 131 Å². The summed E-state index contributed by atoms with van der Waals surface area (Å²) in [5.41, 5.74) is 6.44. The van der Waals surface area contributed by atoms with Gasteiger partial charge in [-0.2, -0.15) is 0 Å². The number of phosphoric acid groups is 6. The molecule has 4 atom stereocenters. The lowest BCUT2D eigenvalue weighted by atomic mass is 10.1. The number of aliphatic hydroxyl groups excluding tert-OH is 3. The number of nitrogens with two attached hydrogens (primary N) is 1. The molecule has 0 spiro atoms. The molecule has 23 N–H and O–H groups in total. The molecule has 1 saturated heterocycles. The highest BCUT2D eigenvalue weighted by molar-refractivity contribution is 7.46. The minimum absolute atomic E-state index is 0.218. The van der Waals surface area contributed by atoms with Crippen molar-refractivity contribution in [1.82, 2.24) is 19.5 Å². The first-order valence-electron chi connectivity index (χ1n) is 10.4. The molecule has 0 amide bonds. The average molecular weight is 855 g/mol. The fourth-order valence-electron chi connectivity index (χ4n) is 2.17. The third kappa shape index (κ3) is 49.0. The summed E-state index contributed by atoms with van der Waals surface area (Å²) in [5.74, 6) is 0.218. The smallest absolute Gasteiger partial charge is 0.394 e. The van der Waals surface area contributed by atoms with Gasteiger partial charge in [0.25, 0.3) is 0 Å². The van der Waals surface area contributed by atoms with Crippen LogP contribution in [0.2, 0.25) is 0 Å². The van der Waals surface area contributed by atoms with Gasteiger partial charge in [-0.05, 0) is 0 Å². The number of imidazole rings is 1. The van der Waals surface area contributed by atoms with Gasteiger partial charge in [0.2, 0.25) is 0 Å². The van der Waals surface area contributed by atoms with E-state index in [1.165, 1.54) is 17.2 Å². The predicted octanol–water partition coefficient (Wildman–Crippen LogP) is -7.55. The zero-order valence-corrected chi connectivity index (χ0v) is 28.3. The van der Waals surface area contributed by atoms with E-state index in [9.17, 15) is 10.2 Å². The molecule has 49 heavy (non-hydrogen) atoms. The van der Waals surface area contributed by atoms with Crippen LogP contribution in [0.3, 0.4) is 0 Å². The van der Waals surface area contributed by atoms with Crippen molar-refractivity contribution >= 4 is 63.9 Å². The number of aromatic nitrogens is 4. The first-order valence-corrected chi connectivity index (χ1v) is 19.8. The lowest BCUT2D eigenvalue weighted by Crippen LogP contribution is -2.33. The molecule has 3 rings (SSSR count). The van der Waals surface area contributed by atoms with Crippen molar-refractivity contribution in [3.63, 3.8) is 0 Å². The molecule has 0 radical (unpaired) electrons. The highest BCUT2D eigenvalue weighted by atomic mass is 31.2. The minimum Gasteiger partial charge on any atom is -0.394 e. The lowest BCUT2D eigenvalue weighted by Gasteiger charge is -2.16. The second kappa shape index (κ2) is 22.7. The van der Waals surface area contributed by atoms with E-state index in [0.29, 0.717) is 11.2 Å². The summed E-state index contributed by atoms with van der Waals surface area (Å²) >= 11 is 0. The molecule has 39 heteroatoms. The second-order valence-corrected chi connectivity index (χ2v) is 13.6. The molecule has 2 aromatic heterocycles. The number of aliphatic hydroxyl groups is 3. The van der Waals surface area contributed by atoms with Crippen molar-refractivity contribution in [2.24, 2.45) is 0 Å². The van der Waals surface area contributed by atoms with Gasteiger partial charge in [0, 0.05) is 0 Å².